The average Bonchev–Trinajstić information content (AvgIpc) is 2.60. The van der Waals surface area contributed by atoms with Crippen LogP contribution in [-0.2, 0) is 13.5 Å². The van der Waals surface area contributed by atoms with Crippen LogP contribution in [0, 0.1) is 18.3 Å². The van der Waals surface area contributed by atoms with Crippen LogP contribution < -0.4 is 4.57 Å². The Morgan fingerprint density at radius 2 is 1.88 bits per heavy atom. The molecule has 126 valence electrons. The smallest absolute Gasteiger partial charge is 0.200 e. The van der Waals surface area contributed by atoms with Crippen molar-refractivity contribution >= 4 is 10.8 Å². The molecule has 3 aliphatic rings. The van der Waals surface area contributed by atoms with Crippen molar-refractivity contribution in [2.75, 3.05) is 0 Å². The number of nitrogens with zero attached hydrogens (tertiary/aromatic N) is 1. The normalized spacial score (nSPS) is 23.2. The lowest BCUT2D eigenvalue weighted by Crippen LogP contribution is -2.48. The zero-order valence-corrected chi connectivity index (χ0v) is 15.6. The number of pyridine rings is 1. The Kier molecular flexibility index (Phi) is 2.99. The Morgan fingerprint density at radius 3 is 2.64 bits per heavy atom. The first kappa shape index (κ1) is 15.1. The molecule has 2 unspecified atom stereocenters. The predicted molar refractivity (Wildman–Crippen MR) is 104 cm³/mol. The molecule has 1 nitrogen and oxygen atoms in total. The van der Waals surface area contributed by atoms with Gasteiger partial charge in [-0.2, -0.15) is 0 Å². The molecule has 0 N–H and O–H groups in total. The first-order valence-electron chi connectivity index (χ1n) is 9.48. The molecular formula is C24H26N+. The van der Waals surface area contributed by atoms with Crippen molar-refractivity contribution in [3.05, 3.63) is 65.4 Å². The molecule has 1 saturated carbocycles. The standard InChI is InChI=1S/C24H26N/c1-15-7-5-6-8-19(15)23-21-13-17-11-18-14-22(24(18,2)3)20(17)12-16(21)9-10-25(23)4/h5-10,12-13,18,22H,11,14H2,1-4H3/q+1. The van der Waals surface area contributed by atoms with Gasteiger partial charge in [-0.3, -0.25) is 0 Å². The fourth-order valence-electron chi connectivity index (χ4n) is 5.31. The van der Waals surface area contributed by atoms with Crippen LogP contribution in [0.3, 0.4) is 0 Å². The quantitative estimate of drug-likeness (QED) is 0.532. The fourth-order valence-corrected chi connectivity index (χ4v) is 5.31. The third kappa shape index (κ3) is 1.99. The van der Waals surface area contributed by atoms with Crippen LogP contribution in [0.4, 0.5) is 0 Å². The van der Waals surface area contributed by atoms with E-state index in [0.29, 0.717) is 5.41 Å². The highest BCUT2D eigenvalue weighted by Crippen LogP contribution is 2.62. The monoisotopic (exact) mass is 328 g/mol. The largest absolute Gasteiger partial charge is 0.220 e. The third-order valence-electron chi connectivity index (χ3n) is 7.11. The van der Waals surface area contributed by atoms with E-state index in [1.165, 1.54) is 40.4 Å². The Labute approximate surface area is 150 Å². The Balaban J connectivity index is 1.78. The van der Waals surface area contributed by atoms with Crippen molar-refractivity contribution in [1.82, 2.24) is 0 Å². The molecule has 0 spiro atoms. The molecule has 0 aliphatic heterocycles. The SMILES string of the molecule is Cc1ccccc1-c1c2cc3c(cc2cc[n+]1C)C1CC(C3)C1(C)C. The van der Waals surface area contributed by atoms with E-state index in [0.717, 1.165) is 11.8 Å². The Hall–Kier alpha value is -2.15. The molecule has 0 amide bonds. The molecule has 1 heteroatoms. The van der Waals surface area contributed by atoms with Crippen LogP contribution in [0.25, 0.3) is 22.0 Å². The summed E-state index contributed by atoms with van der Waals surface area (Å²) in [6.45, 7) is 7.13. The maximum absolute atomic E-state index is 2.50. The van der Waals surface area contributed by atoms with E-state index in [2.05, 4.69) is 81.0 Å². The highest BCUT2D eigenvalue weighted by molar-refractivity contribution is 5.94. The van der Waals surface area contributed by atoms with Crippen molar-refractivity contribution in [2.45, 2.75) is 39.5 Å². The summed E-state index contributed by atoms with van der Waals surface area (Å²) in [6, 6.07) is 16.0. The first-order chi connectivity index (χ1) is 12.0. The lowest BCUT2D eigenvalue weighted by molar-refractivity contribution is -0.659. The van der Waals surface area contributed by atoms with E-state index in [1.54, 1.807) is 11.1 Å². The molecule has 0 saturated heterocycles. The van der Waals surface area contributed by atoms with Gasteiger partial charge in [-0.25, -0.2) is 4.57 Å². The van der Waals surface area contributed by atoms with Crippen LogP contribution >= 0.6 is 0 Å². The number of aromatic nitrogens is 1. The van der Waals surface area contributed by atoms with Gasteiger partial charge in [0.15, 0.2) is 6.20 Å². The predicted octanol–water partition coefficient (Wildman–Crippen LogP) is 5.33. The van der Waals surface area contributed by atoms with Crippen LogP contribution in [0.5, 0.6) is 0 Å². The lowest BCUT2D eigenvalue weighted by atomic mass is 9.47. The lowest BCUT2D eigenvalue weighted by Gasteiger charge is -2.57. The van der Waals surface area contributed by atoms with E-state index in [1.807, 2.05) is 0 Å². The number of benzene rings is 2. The maximum Gasteiger partial charge on any atom is 0.220 e. The molecule has 2 bridgehead atoms. The molecule has 25 heavy (non-hydrogen) atoms. The van der Waals surface area contributed by atoms with E-state index >= 15 is 0 Å². The molecule has 1 aromatic heterocycles. The molecule has 6 rings (SSSR count). The van der Waals surface area contributed by atoms with Crippen molar-refractivity contribution in [3.8, 4) is 11.3 Å². The van der Waals surface area contributed by atoms with Gasteiger partial charge < -0.3 is 0 Å². The highest BCUT2D eigenvalue weighted by atomic mass is 14.9. The second-order valence-electron chi connectivity index (χ2n) is 8.74. The summed E-state index contributed by atoms with van der Waals surface area (Å²) in [5.74, 6) is 1.61. The number of hydrogen-bond donors (Lipinski definition) is 0. The number of fused-ring (bicyclic) bond motifs is 1. The van der Waals surface area contributed by atoms with Gasteiger partial charge in [-0.05, 0) is 71.2 Å². The summed E-state index contributed by atoms with van der Waals surface area (Å²) >= 11 is 0. The highest BCUT2D eigenvalue weighted by Gasteiger charge is 2.52. The van der Waals surface area contributed by atoms with Gasteiger partial charge in [0.25, 0.3) is 0 Å². The minimum Gasteiger partial charge on any atom is -0.200 e. The van der Waals surface area contributed by atoms with Crippen molar-refractivity contribution in [3.63, 3.8) is 0 Å². The van der Waals surface area contributed by atoms with Crippen LogP contribution in [0.2, 0.25) is 0 Å². The summed E-state index contributed by atoms with van der Waals surface area (Å²) in [5, 5.41) is 2.79. The van der Waals surface area contributed by atoms with Crippen molar-refractivity contribution < 1.29 is 4.57 Å². The number of rotatable bonds is 1. The van der Waals surface area contributed by atoms with Crippen LogP contribution in [0.1, 0.15) is 42.9 Å². The summed E-state index contributed by atoms with van der Waals surface area (Å²) in [4.78, 5) is 0. The zero-order valence-electron chi connectivity index (χ0n) is 15.6. The zero-order chi connectivity index (χ0) is 17.3. The number of aryl methyl sites for hydroxylation is 2. The van der Waals surface area contributed by atoms with Gasteiger partial charge >= 0.3 is 0 Å². The maximum atomic E-state index is 2.50. The molecule has 0 radical (unpaired) electrons. The molecular weight excluding hydrogens is 302 g/mol. The minimum absolute atomic E-state index is 0.485. The first-order valence-corrected chi connectivity index (χ1v) is 9.48. The van der Waals surface area contributed by atoms with Gasteiger partial charge in [0.05, 0.1) is 5.39 Å². The van der Waals surface area contributed by atoms with E-state index in [4.69, 9.17) is 0 Å². The summed E-state index contributed by atoms with van der Waals surface area (Å²) in [7, 11) is 2.17. The Bertz CT molecular complexity index is 1010. The molecule has 1 heterocycles. The summed E-state index contributed by atoms with van der Waals surface area (Å²) < 4.78 is 2.28. The van der Waals surface area contributed by atoms with Gasteiger partial charge in [0.1, 0.15) is 7.05 Å². The van der Waals surface area contributed by atoms with Crippen molar-refractivity contribution in [1.29, 1.82) is 0 Å². The third-order valence-corrected chi connectivity index (χ3v) is 7.11. The fraction of sp³-hybridized carbons (Fsp3) is 0.375. The van der Waals surface area contributed by atoms with Crippen molar-refractivity contribution in [2.24, 2.45) is 18.4 Å². The number of hydrogen-bond acceptors (Lipinski definition) is 0. The Morgan fingerprint density at radius 1 is 1.08 bits per heavy atom. The van der Waals surface area contributed by atoms with Gasteiger partial charge in [0, 0.05) is 11.6 Å². The topological polar surface area (TPSA) is 3.88 Å². The van der Waals surface area contributed by atoms with E-state index in [9.17, 15) is 0 Å². The summed E-state index contributed by atoms with van der Waals surface area (Å²) in [6.07, 6.45) is 4.85. The molecule has 1 fully saturated rings. The van der Waals surface area contributed by atoms with Gasteiger partial charge in [-0.15, -0.1) is 0 Å². The molecule has 2 aromatic carbocycles. The molecule has 3 aromatic rings. The summed E-state index contributed by atoms with van der Waals surface area (Å²) in [5.41, 5.74) is 7.72. The van der Waals surface area contributed by atoms with Gasteiger partial charge in [0.2, 0.25) is 5.69 Å². The van der Waals surface area contributed by atoms with E-state index < -0.39 is 0 Å². The average molecular weight is 328 g/mol. The second-order valence-corrected chi connectivity index (χ2v) is 8.74. The van der Waals surface area contributed by atoms with E-state index in [-0.39, 0.29) is 0 Å². The van der Waals surface area contributed by atoms with Crippen LogP contribution in [-0.4, -0.2) is 0 Å². The van der Waals surface area contributed by atoms with Crippen LogP contribution in [0.15, 0.2) is 48.7 Å². The molecule has 3 aliphatic carbocycles. The second kappa shape index (κ2) is 4.94. The molecule has 2 atom stereocenters. The van der Waals surface area contributed by atoms with Gasteiger partial charge in [-0.1, -0.05) is 38.1 Å². The minimum atomic E-state index is 0.485.